The molecule has 0 amide bonds. The molecule has 16 heavy (non-hydrogen) atoms. The van der Waals surface area contributed by atoms with Gasteiger partial charge in [-0.15, -0.1) is 0 Å². The summed E-state index contributed by atoms with van der Waals surface area (Å²) in [7, 11) is 0. The van der Waals surface area contributed by atoms with Crippen LogP contribution in [0.5, 0.6) is 0 Å². The number of fused-ring (bicyclic) bond motifs is 1. The minimum Gasteiger partial charge on any atom is -0.397 e. The highest BCUT2D eigenvalue weighted by Crippen LogP contribution is 2.33. The minimum atomic E-state index is 0.600. The van der Waals surface area contributed by atoms with E-state index < -0.39 is 0 Å². The van der Waals surface area contributed by atoms with Crippen molar-refractivity contribution in [3.8, 4) is 0 Å². The lowest BCUT2D eigenvalue weighted by Gasteiger charge is -2.09. The molecule has 3 nitrogen and oxygen atoms in total. The maximum Gasteiger partial charge on any atom is 0.134 e. The summed E-state index contributed by atoms with van der Waals surface area (Å²) in [6.45, 7) is 0. The van der Waals surface area contributed by atoms with Crippen molar-refractivity contribution in [2.75, 3.05) is 11.1 Å². The minimum absolute atomic E-state index is 0.600. The Morgan fingerprint density at radius 3 is 2.81 bits per heavy atom. The van der Waals surface area contributed by atoms with Crippen molar-refractivity contribution in [1.29, 1.82) is 0 Å². The first-order valence-electron chi connectivity index (χ1n) is 5.35. The zero-order valence-electron chi connectivity index (χ0n) is 8.70. The van der Waals surface area contributed by atoms with E-state index >= 15 is 0 Å². The van der Waals surface area contributed by atoms with Crippen molar-refractivity contribution in [2.45, 2.75) is 18.9 Å². The lowest BCUT2D eigenvalue weighted by Crippen LogP contribution is -2.03. The number of hydrogen-bond acceptors (Lipinski definition) is 3. The summed E-state index contributed by atoms with van der Waals surface area (Å²) in [5, 5.41) is 5.56. The molecule has 0 radical (unpaired) electrons. The number of rotatable bonds is 2. The number of aromatic nitrogens is 1. The van der Waals surface area contributed by atoms with Gasteiger partial charge in [0, 0.05) is 27.5 Å². The summed E-state index contributed by atoms with van der Waals surface area (Å²) >= 11 is 3.44. The van der Waals surface area contributed by atoms with E-state index in [0.29, 0.717) is 6.04 Å². The molecule has 0 aliphatic heterocycles. The van der Waals surface area contributed by atoms with Gasteiger partial charge in [-0.05, 0) is 47.0 Å². The molecule has 3 N–H and O–H groups in total. The van der Waals surface area contributed by atoms with Crippen molar-refractivity contribution in [3.05, 3.63) is 28.9 Å². The molecule has 4 heteroatoms. The van der Waals surface area contributed by atoms with Crippen LogP contribution in [-0.4, -0.2) is 11.0 Å². The predicted molar refractivity (Wildman–Crippen MR) is 70.5 cm³/mol. The number of halogens is 1. The van der Waals surface area contributed by atoms with Gasteiger partial charge in [0.05, 0.1) is 5.69 Å². The Morgan fingerprint density at radius 1 is 1.25 bits per heavy atom. The van der Waals surface area contributed by atoms with Crippen LogP contribution in [0.1, 0.15) is 12.8 Å². The molecular formula is C12H12BrN3. The second kappa shape index (κ2) is 3.63. The summed E-state index contributed by atoms with van der Waals surface area (Å²) in [5.74, 6) is 0.944. The van der Waals surface area contributed by atoms with Gasteiger partial charge in [0.1, 0.15) is 5.82 Å². The molecule has 1 aromatic heterocycles. The Kier molecular flexibility index (Phi) is 2.24. The van der Waals surface area contributed by atoms with E-state index in [9.17, 15) is 0 Å². The van der Waals surface area contributed by atoms with Crippen molar-refractivity contribution >= 4 is 38.2 Å². The smallest absolute Gasteiger partial charge is 0.134 e. The highest BCUT2D eigenvalue weighted by molar-refractivity contribution is 9.10. The molecule has 1 heterocycles. The number of nitrogens with zero attached hydrogens (tertiary/aromatic N) is 1. The fourth-order valence-electron chi connectivity index (χ4n) is 1.79. The third-order valence-electron chi connectivity index (χ3n) is 2.85. The fraction of sp³-hybridized carbons (Fsp3) is 0.250. The zero-order chi connectivity index (χ0) is 11.1. The molecular weight excluding hydrogens is 266 g/mol. The monoisotopic (exact) mass is 277 g/mol. The molecule has 82 valence electrons. The molecule has 2 aromatic rings. The molecule has 1 aromatic carbocycles. The van der Waals surface area contributed by atoms with Gasteiger partial charge in [0.25, 0.3) is 0 Å². The molecule has 0 atom stereocenters. The first-order valence-corrected chi connectivity index (χ1v) is 6.14. The molecule has 0 unspecified atom stereocenters. The number of nitrogen functional groups attached to an aromatic ring is 1. The fourth-order valence-corrected chi connectivity index (χ4v) is 2.13. The summed E-state index contributed by atoms with van der Waals surface area (Å²) in [6.07, 6.45) is 4.28. The van der Waals surface area contributed by atoms with E-state index in [1.165, 1.54) is 12.8 Å². The van der Waals surface area contributed by atoms with Gasteiger partial charge in [0.2, 0.25) is 0 Å². The SMILES string of the molecule is Nc1c(Br)ccc2c(NC3CC3)nccc12. The summed E-state index contributed by atoms with van der Waals surface area (Å²) in [4.78, 5) is 4.38. The Morgan fingerprint density at radius 2 is 2.06 bits per heavy atom. The number of nitrogens with one attached hydrogen (secondary N) is 1. The third-order valence-corrected chi connectivity index (χ3v) is 3.54. The van der Waals surface area contributed by atoms with Gasteiger partial charge in [-0.3, -0.25) is 0 Å². The van der Waals surface area contributed by atoms with Gasteiger partial charge in [0.15, 0.2) is 0 Å². The van der Waals surface area contributed by atoms with Crippen molar-refractivity contribution in [1.82, 2.24) is 4.98 Å². The molecule has 1 aliphatic rings. The number of hydrogen-bond donors (Lipinski definition) is 2. The van der Waals surface area contributed by atoms with Crippen LogP contribution in [0, 0.1) is 0 Å². The van der Waals surface area contributed by atoms with Crippen LogP contribution in [0.15, 0.2) is 28.9 Å². The van der Waals surface area contributed by atoms with E-state index in [1.54, 1.807) is 6.20 Å². The van der Waals surface area contributed by atoms with E-state index in [-0.39, 0.29) is 0 Å². The van der Waals surface area contributed by atoms with E-state index in [0.717, 1.165) is 26.8 Å². The van der Waals surface area contributed by atoms with Gasteiger partial charge in [-0.2, -0.15) is 0 Å². The second-order valence-corrected chi connectivity index (χ2v) is 4.99. The Hall–Kier alpha value is -1.29. The van der Waals surface area contributed by atoms with Crippen molar-refractivity contribution < 1.29 is 0 Å². The van der Waals surface area contributed by atoms with Crippen LogP contribution in [-0.2, 0) is 0 Å². The third kappa shape index (κ3) is 1.63. The number of pyridine rings is 1. The lowest BCUT2D eigenvalue weighted by atomic mass is 10.1. The quantitative estimate of drug-likeness (QED) is 0.830. The van der Waals surface area contributed by atoms with Crippen LogP contribution >= 0.6 is 15.9 Å². The molecule has 1 fully saturated rings. The van der Waals surface area contributed by atoms with Crippen LogP contribution < -0.4 is 11.1 Å². The van der Waals surface area contributed by atoms with Crippen molar-refractivity contribution in [2.24, 2.45) is 0 Å². The molecule has 0 bridgehead atoms. The number of benzene rings is 1. The summed E-state index contributed by atoms with van der Waals surface area (Å²) < 4.78 is 0.934. The second-order valence-electron chi connectivity index (χ2n) is 4.13. The van der Waals surface area contributed by atoms with Crippen LogP contribution in [0.2, 0.25) is 0 Å². The Balaban J connectivity index is 2.18. The highest BCUT2D eigenvalue weighted by atomic mass is 79.9. The van der Waals surface area contributed by atoms with E-state index in [1.807, 2.05) is 18.2 Å². The predicted octanol–water partition coefficient (Wildman–Crippen LogP) is 3.15. The maximum absolute atomic E-state index is 6.03. The van der Waals surface area contributed by atoms with E-state index in [2.05, 4.69) is 26.2 Å². The zero-order valence-corrected chi connectivity index (χ0v) is 10.3. The summed E-state index contributed by atoms with van der Waals surface area (Å²) in [6, 6.07) is 6.57. The molecule has 1 aliphatic carbocycles. The van der Waals surface area contributed by atoms with Gasteiger partial charge in [-0.25, -0.2) is 4.98 Å². The van der Waals surface area contributed by atoms with Crippen LogP contribution in [0.3, 0.4) is 0 Å². The van der Waals surface area contributed by atoms with E-state index in [4.69, 9.17) is 5.73 Å². The summed E-state index contributed by atoms with van der Waals surface area (Å²) in [5.41, 5.74) is 6.81. The molecule has 3 rings (SSSR count). The maximum atomic E-state index is 6.03. The molecule has 0 spiro atoms. The van der Waals surface area contributed by atoms with Gasteiger partial charge < -0.3 is 11.1 Å². The molecule has 0 saturated heterocycles. The Bertz CT molecular complexity index is 549. The first kappa shape index (κ1) is 9.90. The molecule has 1 saturated carbocycles. The van der Waals surface area contributed by atoms with Crippen LogP contribution in [0.25, 0.3) is 10.8 Å². The highest BCUT2D eigenvalue weighted by Gasteiger charge is 2.22. The standard InChI is InChI=1S/C12H12BrN3/c13-10-4-3-9-8(11(10)14)5-6-15-12(9)16-7-1-2-7/h3-7H,1-2,14H2,(H,15,16). The average molecular weight is 278 g/mol. The number of anilines is 2. The average Bonchev–Trinajstić information content (AvgIpc) is 3.08. The topological polar surface area (TPSA) is 50.9 Å². The van der Waals surface area contributed by atoms with Gasteiger partial charge in [-0.1, -0.05) is 0 Å². The largest absolute Gasteiger partial charge is 0.397 e. The first-order chi connectivity index (χ1) is 7.75. The number of nitrogens with two attached hydrogens (primary N) is 1. The van der Waals surface area contributed by atoms with Crippen molar-refractivity contribution in [3.63, 3.8) is 0 Å². The Labute approximate surface area is 102 Å². The van der Waals surface area contributed by atoms with Crippen LogP contribution in [0.4, 0.5) is 11.5 Å². The van der Waals surface area contributed by atoms with Gasteiger partial charge >= 0.3 is 0 Å². The normalized spacial score (nSPS) is 15.3. The lowest BCUT2D eigenvalue weighted by molar-refractivity contribution is 1.12.